The molecule has 2 atom stereocenters. The van der Waals surface area contributed by atoms with Crippen molar-refractivity contribution in [3.8, 4) is 0 Å². The lowest BCUT2D eigenvalue weighted by Gasteiger charge is -2.35. The van der Waals surface area contributed by atoms with Crippen LogP contribution in [0, 0.1) is 0 Å². The normalized spacial score (nSPS) is 24.7. The minimum atomic E-state index is -0.441. The number of carbonyl (C=O) groups is 1. The summed E-state index contributed by atoms with van der Waals surface area (Å²) in [6, 6.07) is 4.46. The summed E-state index contributed by atoms with van der Waals surface area (Å²) in [5.74, 6) is 0. The van der Waals surface area contributed by atoms with Crippen LogP contribution in [0.2, 0.25) is 0 Å². The van der Waals surface area contributed by atoms with Crippen molar-refractivity contribution in [2.75, 3.05) is 0 Å². The van der Waals surface area contributed by atoms with Gasteiger partial charge in [-0.05, 0) is 57.2 Å². The molecule has 112 valence electrons. The maximum atomic E-state index is 12.4. The van der Waals surface area contributed by atoms with Crippen LogP contribution >= 0.6 is 0 Å². The van der Waals surface area contributed by atoms with E-state index in [0.29, 0.717) is 0 Å². The standard InChI is InChI=1S/C17H22N2O2/c1-17(2,3)21-16(20)19-14-6-7-15(19)10-13(9-14)12-5-4-8-18-11-12/h4-5,8-9,11,14-15H,6-7,10H2,1-3H3/t14-,15+/m0/s1. The van der Waals surface area contributed by atoms with E-state index in [1.165, 1.54) is 11.1 Å². The van der Waals surface area contributed by atoms with Gasteiger partial charge in [0.2, 0.25) is 0 Å². The van der Waals surface area contributed by atoms with Gasteiger partial charge in [-0.1, -0.05) is 12.1 Å². The zero-order chi connectivity index (χ0) is 15.0. The third-order valence-corrected chi connectivity index (χ3v) is 4.03. The first-order chi connectivity index (χ1) is 9.94. The topological polar surface area (TPSA) is 42.4 Å². The van der Waals surface area contributed by atoms with Gasteiger partial charge in [0.05, 0.1) is 6.04 Å². The van der Waals surface area contributed by atoms with E-state index in [2.05, 4.69) is 17.1 Å². The van der Waals surface area contributed by atoms with E-state index in [-0.39, 0.29) is 18.2 Å². The molecule has 3 heterocycles. The van der Waals surface area contributed by atoms with E-state index >= 15 is 0 Å². The summed E-state index contributed by atoms with van der Waals surface area (Å²) in [4.78, 5) is 18.5. The Morgan fingerprint density at radius 1 is 1.38 bits per heavy atom. The molecule has 0 unspecified atom stereocenters. The van der Waals surface area contributed by atoms with Crippen LogP contribution in [-0.4, -0.2) is 33.7 Å². The molecule has 21 heavy (non-hydrogen) atoms. The monoisotopic (exact) mass is 286 g/mol. The summed E-state index contributed by atoms with van der Waals surface area (Å²) in [6.07, 6.45) is 8.67. The maximum Gasteiger partial charge on any atom is 0.411 e. The number of amides is 1. The number of hydrogen-bond donors (Lipinski definition) is 0. The van der Waals surface area contributed by atoms with Gasteiger partial charge < -0.3 is 4.74 Å². The molecule has 3 rings (SSSR count). The smallest absolute Gasteiger partial charge is 0.411 e. The van der Waals surface area contributed by atoms with E-state index in [0.717, 1.165) is 19.3 Å². The fourth-order valence-electron chi connectivity index (χ4n) is 3.20. The fraction of sp³-hybridized carbons (Fsp3) is 0.529. The number of nitrogens with zero attached hydrogens (tertiary/aromatic N) is 2. The van der Waals surface area contributed by atoms with Crippen molar-refractivity contribution in [1.82, 2.24) is 9.88 Å². The summed E-state index contributed by atoms with van der Waals surface area (Å²) < 4.78 is 5.54. The lowest BCUT2D eigenvalue weighted by atomic mass is 9.96. The number of ether oxygens (including phenoxy) is 1. The molecule has 0 aliphatic carbocycles. The first-order valence-electron chi connectivity index (χ1n) is 7.56. The molecule has 2 aliphatic heterocycles. The van der Waals surface area contributed by atoms with Crippen molar-refractivity contribution in [3.05, 3.63) is 36.2 Å². The quantitative estimate of drug-likeness (QED) is 0.791. The van der Waals surface area contributed by atoms with Crippen LogP contribution in [0.4, 0.5) is 4.79 Å². The largest absolute Gasteiger partial charge is 0.444 e. The van der Waals surface area contributed by atoms with Gasteiger partial charge >= 0.3 is 6.09 Å². The van der Waals surface area contributed by atoms with Crippen LogP contribution in [0.25, 0.3) is 5.57 Å². The summed E-state index contributed by atoms with van der Waals surface area (Å²) in [6.45, 7) is 5.73. The van der Waals surface area contributed by atoms with Crippen LogP contribution in [0.15, 0.2) is 30.6 Å². The van der Waals surface area contributed by atoms with Crippen LogP contribution in [0.5, 0.6) is 0 Å². The van der Waals surface area contributed by atoms with Crippen molar-refractivity contribution >= 4 is 11.7 Å². The van der Waals surface area contributed by atoms with Gasteiger partial charge in [0, 0.05) is 18.4 Å². The highest BCUT2D eigenvalue weighted by molar-refractivity contribution is 5.75. The second kappa shape index (κ2) is 5.17. The predicted octanol–water partition coefficient (Wildman–Crippen LogP) is 3.64. The number of rotatable bonds is 1. The highest BCUT2D eigenvalue weighted by Crippen LogP contribution is 2.39. The predicted molar refractivity (Wildman–Crippen MR) is 81.7 cm³/mol. The van der Waals surface area contributed by atoms with Gasteiger partial charge in [-0.15, -0.1) is 0 Å². The van der Waals surface area contributed by atoms with E-state index < -0.39 is 5.60 Å². The van der Waals surface area contributed by atoms with E-state index in [4.69, 9.17) is 4.74 Å². The fourth-order valence-corrected chi connectivity index (χ4v) is 3.20. The van der Waals surface area contributed by atoms with Gasteiger partial charge in [0.15, 0.2) is 0 Å². The molecular formula is C17H22N2O2. The number of aromatic nitrogens is 1. The van der Waals surface area contributed by atoms with Gasteiger partial charge in [-0.3, -0.25) is 9.88 Å². The summed E-state index contributed by atoms with van der Waals surface area (Å²) in [5.41, 5.74) is 2.03. The minimum Gasteiger partial charge on any atom is -0.444 e. The van der Waals surface area contributed by atoms with Gasteiger partial charge in [0.25, 0.3) is 0 Å². The Bertz CT molecular complexity index is 560. The molecule has 1 saturated heterocycles. The Hall–Kier alpha value is -1.84. The molecular weight excluding hydrogens is 264 g/mol. The highest BCUT2D eigenvalue weighted by atomic mass is 16.6. The number of hydrogen-bond acceptors (Lipinski definition) is 3. The SMILES string of the molecule is CC(C)(C)OC(=O)N1[C@@H]2CC[C@H]1C=C(c1cccnc1)C2. The maximum absolute atomic E-state index is 12.4. The molecule has 2 aliphatic rings. The number of pyridine rings is 1. The molecule has 0 N–H and O–H groups in total. The molecule has 0 radical (unpaired) electrons. The van der Waals surface area contributed by atoms with Crippen LogP contribution < -0.4 is 0 Å². The molecule has 1 aromatic heterocycles. The van der Waals surface area contributed by atoms with Crippen molar-refractivity contribution < 1.29 is 9.53 Å². The zero-order valence-electron chi connectivity index (χ0n) is 12.9. The second-order valence-electron chi connectivity index (χ2n) is 6.82. The Balaban J connectivity index is 1.80. The molecule has 1 aromatic rings. The van der Waals surface area contributed by atoms with Crippen molar-refractivity contribution in [1.29, 1.82) is 0 Å². The zero-order valence-corrected chi connectivity index (χ0v) is 12.9. The van der Waals surface area contributed by atoms with Gasteiger partial charge in [-0.25, -0.2) is 4.79 Å². The Morgan fingerprint density at radius 2 is 2.19 bits per heavy atom. The average molecular weight is 286 g/mol. The molecule has 0 spiro atoms. The lowest BCUT2D eigenvalue weighted by Crippen LogP contribution is -2.45. The van der Waals surface area contributed by atoms with Gasteiger partial charge in [-0.2, -0.15) is 0 Å². The molecule has 1 amide bonds. The van der Waals surface area contributed by atoms with Gasteiger partial charge in [0.1, 0.15) is 5.60 Å². The summed E-state index contributed by atoms with van der Waals surface area (Å²) >= 11 is 0. The third kappa shape index (κ3) is 2.94. The molecule has 4 heteroatoms. The number of fused-ring (bicyclic) bond motifs is 2. The third-order valence-electron chi connectivity index (χ3n) is 4.03. The van der Waals surface area contributed by atoms with Crippen LogP contribution in [-0.2, 0) is 4.74 Å². The summed E-state index contributed by atoms with van der Waals surface area (Å²) in [5, 5.41) is 0. The van der Waals surface area contributed by atoms with Crippen LogP contribution in [0.3, 0.4) is 0 Å². The molecule has 1 fully saturated rings. The molecule has 2 bridgehead atoms. The Labute approximate surface area is 125 Å². The second-order valence-corrected chi connectivity index (χ2v) is 6.82. The Morgan fingerprint density at radius 3 is 2.81 bits per heavy atom. The minimum absolute atomic E-state index is 0.161. The Kier molecular flexibility index (Phi) is 3.47. The van der Waals surface area contributed by atoms with Crippen molar-refractivity contribution in [2.24, 2.45) is 0 Å². The van der Waals surface area contributed by atoms with Crippen molar-refractivity contribution in [3.63, 3.8) is 0 Å². The average Bonchev–Trinajstić information content (AvgIpc) is 2.69. The van der Waals surface area contributed by atoms with E-state index in [9.17, 15) is 4.79 Å². The molecule has 0 saturated carbocycles. The molecule has 0 aromatic carbocycles. The number of carbonyl (C=O) groups excluding carboxylic acids is 1. The summed E-state index contributed by atoms with van der Waals surface area (Å²) in [7, 11) is 0. The van der Waals surface area contributed by atoms with Crippen molar-refractivity contribution in [2.45, 2.75) is 57.7 Å². The highest BCUT2D eigenvalue weighted by Gasteiger charge is 2.41. The first-order valence-corrected chi connectivity index (χ1v) is 7.56. The van der Waals surface area contributed by atoms with E-state index in [1.807, 2.05) is 37.9 Å². The van der Waals surface area contributed by atoms with Crippen LogP contribution in [0.1, 0.15) is 45.6 Å². The van der Waals surface area contributed by atoms with E-state index in [1.54, 1.807) is 6.20 Å². The molecule has 4 nitrogen and oxygen atoms in total. The lowest BCUT2D eigenvalue weighted by molar-refractivity contribution is 0.0175. The first kappa shape index (κ1) is 14.1.